The second-order valence-corrected chi connectivity index (χ2v) is 7.20. The molecule has 0 bridgehead atoms. The Hall–Kier alpha value is -1.59. The quantitative estimate of drug-likeness (QED) is 0.781. The highest BCUT2D eigenvalue weighted by molar-refractivity contribution is 6.30. The monoisotopic (exact) mass is 346 g/mol. The standard InChI is InChI=1S/C18H23ClN4O/c1-3-4-7-23-13(14-6-5-8-24-14)9-12-10-22(2)18-15(16(12)23)17(19)20-11-21-18/h5-6,8,11-13,16H,3-4,7,9-10H2,1-2H3/t12-,13-,16-/m1/s1. The van der Waals surface area contributed by atoms with E-state index >= 15 is 0 Å². The predicted octanol–water partition coefficient (Wildman–Crippen LogP) is 4.08. The lowest BCUT2D eigenvalue weighted by molar-refractivity contribution is 0.160. The maximum absolute atomic E-state index is 6.52. The third-order valence-corrected chi connectivity index (χ3v) is 5.65. The third-order valence-electron chi connectivity index (χ3n) is 5.35. The third kappa shape index (κ3) is 2.50. The van der Waals surface area contributed by atoms with Crippen molar-refractivity contribution in [1.82, 2.24) is 14.9 Å². The highest BCUT2D eigenvalue weighted by Crippen LogP contribution is 2.53. The van der Waals surface area contributed by atoms with Gasteiger partial charge in [-0.05, 0) is 37.4 Å². The molecule has 6 heteroatoms. The van der Waals surface area contributed by atoms with E-state index in [4.69, 9.17) is 16.0 Å². The first kappa shape index (κ1) is 15.9. The summed E-state index contributed by atoms with van der Waals surface area (Å²) in [5, 5.41) is 0.586. The average molecular weight is 347 g/mol. The van der Waals surface area contributed by atoms with Crippen LogP contribution in [0.1, 0.15) is 49.6 Å². The summed E-state index contributed by atoms with van der Waals surface area (Å²) >= 11 is 6.52. The molecule has 0 amide bonds. The van der Waals surface area contributed by atoms with Crippen LogP contribution in [0.3, 0.4) is 0 Å². The Labute approximate surface area is 147 Å². The van der Waals surface area contributed by atoms with Gasteiger partial charge in [-0.2, -0.15) is 0 Å². The number of fused-ring (bicyclic) bond motifs is 3. The fourth-order valence-electron chi connectivity index (χ4n) is 4.35. The SMILES string of the molecule is CCCCN1[C@@H](c2ccco2)C[C@@H]2CN(C)c3ncnc(Cl)c3[C@@H]21. The maximum atomic E-state index is 6.52. The van der Waals surface area contributed by atoms with Gasteiger partial charge in [-0.15, -0.1) is 0 Å². The molecule has 1 saturated heterocycles. The van der Waals surface area contributed by atoms with Gasteiger partial charge in [-0.1, -0.05) is 24.9 Å². The molecule has 4 rings (SSSR count). The normalized spacial score (nSPS) is 26.5. The van der Waals surface area contributed by atoms with Crippen LogP contribution < -0.4 is 4.90 Å². The van der Waals surface area contributed by atoms with E-state index in [0.29, 0.717) is 17.1 Å². The van der Waals surface area contributed by atoms with Crippen LogP contribution >= 0.6 is 11.6 Å². The van der Waals surface area contributed by atoms with E-state index in [2.05, 4.69) is 39.8 Å². The molecule has 5 nitrogen and oxygen atoms in total. The number of rotatable bonds is 4. The molecule has 128 valence electrons. The van der Waals surface area contributed by atoms with Gasteiger partial charge < -0.3 is 9.32 Å². The van der Waals surface area contributed by atoms with Gasteiger partial charge in [0.05, 0.1) is 12.3 Å². The Balaban J connectivity index is 1.77. The summed E-state index contributed by atoms with van der Waals surface area (Å²) in [7, 11) is 2.09. The zero-order valence-electron chi connectivity index (χ0n) is 14.2. The molecule has 4 heterocycles. The van der Waals surface area contributed by atoms with Gasteiger partial charge >= 0.3 is 0 Å². The molecule has 2 aliphatic rings. The Kier molecular flexibility index (Phi) is 4.22. The zero-order chi connectivity index (χ0) is 16.7. The van der Waals surface area contributed by atoms with Crippen molar-refractivity contribution in [2.45, 2.75) is 38.3 Å². The van der Waals surface area contributed by atoms with Crippen molar-refractivity contribution in [2.24, 2.45) is 5.92 Å². The maximum Gasteiger partial charge on any atom is 0.139 e. The van der Waals surface area contributed by atoms with Gasteiger partial charge in [0.1, 0.15) is 23.1 Å². The fraction of sp³-hybridized carbons (Fsp3) is 0.556. The number of nitrogens with zero attached hydrogens (tertiary/aromatic N) is 4. The van der Waals surface area contributed by atoms with E-state index in [0.717, 1.165) is 43.1 Å². The van der Waals surface area contributed by atoms with Gasteiger partial charge in [0, 0.05) is 25.2 Å². The molecule has 0 radical (unpaired) electrons. The number of halogens is 1. The Morgan fingerprint density at radius 2 is 2.25 bits per heavy atom. The lowest BCUT2D eigenvalue weighted by Gasteiger charge is -2.38. The van der Waals surface area contributed by atoms with E-state index in [-0.39, 0.29) is 6.04 Å². The first-order valence-corrected chi connectivity index (χ1v) is 9.09. The molecule has 2 aliphatic heterocycles. The van der Waals surface area contributed by atoms with Gasteiger partial charge in [0.2, 0.25) is 0 Å². The number of unbranched alkanes of at least 4 members (excludes halogenated alkanes) is 1. The van der Waals surface area contributed by atoms with Gasteiger partial charge in [-0.25, -0.2) is 9.97 Å². The van der Waals surface area contributed by atoms with Crippen molar-refractivity contribution < 1.29 is 4.42 Å². The summed E-state index contributed by atoms with van der Waals surface area (Å²) < 4.78 is 5.76. The van der Waals surface area contributed by atoms with Crippen molar-refractivity contribution in [2.75, 3.05) is 25.0 Å². The minimum Gasteiger partial charge on any atom is -0.468 e. The van der Waals surface area contributed by atoms with Crippen LogP contribution in [0, 0.1) is 5.92 Å². The number of hydrogen-bond donors (Lipinski definition) is 0. The Morgan fingerprint density at radius 1 is 1.38 bits per heavy atom. The van der Waals surface area contributed by atoms with Crippen LogP contribution in [0.4, 0.5) is 5.82 Å². The smallest absolute Gasteiger partial charge is 0.139 e. The van der Waals surface area contributed by atoms with E-state index in [9.17, 15) is 0 Å². The topological polar surface area (TPSA) is 45.4 Å². The number of hydrogen-bond acceptors (Lipinski definition) is 5. The second kappa shape index (κ2) is 6.37. The first-order chi connectivity index (χ1) is 11.7. The van der Waals surface area contributed by atoms with E-state index < -0.39 is 0 Å². The van der Waals surface area contributed by atoms with E-state index in [1.807, 2.05) is 6.07 Å². The van der Waals surface area contributed by atoms with Crippen LogP contribution in [0.2, 0.25) is 5.15 Å². The minimum absolute atomic E-state index is 0.270. The van der Waals surface area contributed by atoms with Crippen molar-refractivity contribution >= 4 is 17.4 Å². The first-order valence-electron chi connectivity index (χ1n) is 8.71. The largest absolute Gasteiger partial charge is 0.468 e. The van der Waals surface area contributed by atoms with E-state index in [1.165, 1.54) is 6.42 Å². The van der Waals surface area contributed by atoms with Crippen molar-refractivity contribution in [3.05, 3.63) is 41.2 Å². The zero-order valence-corrected chi connectivity index (χ0v) is 14.9. The second-order valence-electron chi connectivity index (χ2n) is 6.85. The molecular weight excluding hydrogens is 324 g/mol. The molecule has 3 atom stereocenters. The van der Waals surface area contributed by atoms with Crippen molar-refractivity contribution in [3.63, 3.8) is 0 Å². The number of anilines is 1. The highest BCUT2D eigenvalue weighted by atomic mass is 35.5. The lowest BCUT2D eigenvalue weighted by atomic mass is 9.90. The molecule has 24 heavy (non-hydrogen) atoms. The number of furan rings is 1. The molecule has 2 aromatic heterocycles. The van der Waals surface area contributed by atoms with Crippen LogP contribution in [-0.2, 0) is 0 Å². The average Bonchev–Trinajstić information content (AvgIpc) is 3.20. The molecule has 0 N–H and O–H groups in total. The molecule has 1 fully saturated rings. The van der Waals surface area contributed by atoms with Crippen molar-refractivity contribution in [3.8, 4) is 0 Å². The Bertz CT molecular complexity index is 705. The summed E-state index contributed by atoms with van der Waals surface area (Å²) in [6.07, 6.45) is 6.75. The minimum atomic E-state index is 0.270. The van der Waals surface area contributed by atoms with Crippen LogP contribution in [0.5, 0.6) is 0 Å². The number of likely N-dealkylation sites (tertiary alicyclic amines) is 1. The lowest BCUT2D eigenvalue weighted by Crippen LogP contribution is -2.38. The van der Waals surface area contributed by atoms with Gasteiger partial charge in [0.25, 0.3) is 0 Å². The summed E-state index contributed by atoms with van der Waals surface area (Å²) in [6, 6.07) is 4.64. The molecule has 0 unspecified atom stereocenters. The summed E-state index contributed by atoms with van der Waals surface area (Å²) in [5.41, 5.74) is 1.09. The van der Waals surface area contributed by atoms with Crippen LogP contribution in [-0.4, -0.2) is 35.0 Å². The molecular formula is C18H23ClN4O. The summed E-state index contributed by atoms with van der Waals surface area (Å²) in [4.78, 5) is 13.6. The molecule has 0 saturated carbocycles. The van der Waals surface area contributed by atoms with Gasteiger partial charge in [0.15, 0.2) is 0 Å². The molecule has 0 aliphatic carbocycles. The molecule has 2 aromatic rings. The summed E-state index contributed by atoms with van der Waals surface area (Å²) in [6.45, 7) is 4.26. The van der Waals surface area contributed by atoms with Crippen LogP contribution in [0.15, 0.2) is 29.1 Å². The predicted molar refractivity (Wildman–Crippen MR) is 94.2 cm³/mol. The van der Waals surface area contributed by atoms with Gasteiger partial charge in [-0.3, -0.25) is 4.90 Å². The van der Waals surface area contributed by atoms with Crippen LogP contribution in [0.25, 0.3) is 0 Å². The summed E-state index contributed by atoms with van der Waals surface area (Å²) in [5.74, 6) is 2.54. The number of aromatic nitrogens is 2. The van der Waals surface area contributed by atoms with E-state index in [1.54, 1.807) is 12.6 Å². The van der Waals surface area contributed by atoms with Crippen molar-refractivity contribution in [1.29, 1.82) is 0 Å². The molecule has 0 aromatic carbocycles. The highest BCUT2D eigenvalue weighted by Gasteiger charge is 2.48. The fourth-order valence-corrected chi connectivity index (χ4v) is 4.59. The Morgan fingerprint density at radius 3 is 3.00 bits per heavy atom. The molecule has 0 spiro atoms.